The van der Waals surface area contributed by atoms with Crippen LogP contribution in [0.15, 0.2) is 78.9 Å². The average molecular weight is 400 g/mol. The first-order valence-corrected chi connectivity index (χ1v) is 10.1. The van der Waals surface area contributed by atoms with Crippen LogP contribution in [0.4, 0.5) is 4.39 Å². The molecular formula is C22H19ClFNOS. The first-order chi connectivity index (χ1) is 13.1. The molecule has 0 fully saturated rings. The van der Waals surface area contributed by atoms with Gasteiger partial charge < -0.3 is 5.32 Å². The molecule has 2 nitrogen and oxygen atoms in total. The average Bonchev–Trinajstić information content (AvgIpc) is 2.70. The Bertz CT molecular complexity index is 830. The second-order valence-electron chi connectivity index (χ2n) is 6.01. The summed E-state index contributed by atoms with van der Waals surface area (Å²) in [6.45, 7) is 0. The predicted molar refractivity (Wildman–Crippen MR) is 110 cm³/mol. The molecule has 0 bridgehead atoms. The Hall–Kier alpha value is -2.30. The highest BCUT2D eigenvalue weighted by Crippen LogP contribution is 2.25. The smallest absolute Gasteiger partial charge is 0.230 e. The predicted octanol–water partition coefficient (Wildman–Crippen LogP) is 5.62. The molecule has 0 aromatic heterocycles. The Balaban J connectivity index is 1.65. The summed E-state index contributed by atoms with van der Waals surface area (Å²) >= 11 is 7.37. The number of carbonyl (C=O) groups excluding carboxylic acids is 1. The van der Waals surface area contributed by atoms with Crippen LogP contribution >= 0.6 is 23.4 Å². The summed E-state index contributed by atoms with van der Waals surface area (Å²) in [4.78, 5) is 12.5. The minimum atomic E-state index is -0.346. The van der Waals surface area contributed by atoms with Gasteiger partial charge in [-0.2, -0.15) is 0 Å². The molecule has 1 N–H and O–H groups in total. The van der Waals surface area contributed by atoms with Gasteiger partial charge in [0.2, 0.25) is 5.91 Å². The first-order valence-electron chi connectivity index (χ1n) is 8.55. The van der Waals surface area contributed by atoms with Crippen LogP contribution in [-0.2, 0) is 10.5 Å². The van der Waals surface area contributed by atoms with Crippen molar-refractivity contribution in [3.05, 3.63) is 106 Å². The summed E-state index contributed by atoms with van der Waals surface area (Å²) in [6.07, 6.45) is 0. The SMILES string of the molecule is O=C(CSCc1c(F)cccc1Cl)NC(c1ccccc1)c1ccccc1. The van der Waals surface area contributed by atoms with Crippen molar-refractivity contribution in [3.8, 4) is 0 Å². The van der Waals surface area contributed by atoms with Crippen LogP contribution in [0, 0.1) is 5.82 Å². The fourth-order valence-corrected chi connectivity index (χ4v) is 3.95. The van der Waals surface area contributed by atoms with Gasteiger partial charge in [0.05, 0.1) is 11.8 Å². The Morgan fingerprint density at radius 2 is 1.52 bits per heavy atom. The maximum atomic E-state index is 13.8. The van der Waals surface area contributed by atoms with E-state index in [4.69, 9.17) is 11.6 Å². The maximum absolute atomic E-state index is 13.8. The van der Waals surface area contributed by atoms with E-state index in [1.165, 1.54) is 17.8 Å². The molecule has 1 amide bonds. The number of benzene rings is 3. The van der Waals surface area contributed by atoms with Crippen molar-refractivity contribution in [1.82, 2.24) is 5.32 Å². The van der Waals surface area contributed by atoms with Crippen molar-refractivity contribution in [2.45, 2.75) is 11.8 Å². The molecule has 0 saturated heterocycles. The van der Waals surface area contributed by atoms with E-state index in [1.807, 2.05) is 60.7 Å². The van der Waals surface area contributed by atoms with Gasteiger partial charge in [-0.1, -0.05) is 78.3 Å². The van der Waals surface area contributed by atoms with Gasteiger partial charge in [0.1, 0.15) is 5.82 Å². The van der Waals surface area contributed by atoms with Gasteiger partial charge >= 0.3 is 0 Å². The topological polar surface area (TPSA) is 29.1 Å². The van der Waals surface area contributed by atoms with Crippen molar-refractivity contribution >= 4 is 29.3 Å². The Kier molecular flexibility index (Phi) is 6.91. The van der Waals surface area contributed by atoms with Crippen LogP contribution in [-0.4, -0.2) is 11.7 Å². The number of hydrogen-bond donors (Lipinski definition) is 1. The molecule has 3 aromatic rings. The van der Waals surface area contributed by atoms with Crippen LogP contribution in [0.5, 0.6) is 0 Å². The monoisotopic (exact) mass is 399 g/mol. The molecule has 0 saturated carbocycles. The van der Waals surface area contributed by atoms with Gasteiger partial charge in [0.15, 0.2) is 0 Å². The van der Waals surface area contributed by atoms with Crippen molar-refractivity contribution in [1.29, 1.82) is 0 Å². The molecule has 0 heterocycles. The molecule has 138 valence electrons. The number of nitrogens with one attached hydrogen (secondary N) is 1. The number of hydrogen-bond acceptors (Lipinski definition) is 2. The van der Waals surface area contributed by atoms with E-state index in [-0.39, 0.29) is 23.5 Å². The lowest BCUT2D eigenvalue weighted by atomic mass is 9.99. The lowest BCUT2D eigenvalue weighted by molar-refractivity contribution is -0.119. The minimum Gasteiger partial charge on any atom is -0.344 e. The van der Waals surface area contributed by atoms with Gasteiger partial charge in [-0.05, 0) is 23.3 Å². The van der Waals surface area contributed by atoms with Gasteiger partial charge in [0.25, 0.3) is 0 Å². The Morgan fingerprint density at radius 1 is 0.926 bits per heavy atom. The van der Waals surface area contributed by atoms with Crippen LogP contribution in [0.2, 0.25) is 5.02 Å². The first kappa shape index (κ1) is 19.5. The van der Waals surface area contributed by atoms with Gasteiger partial charge in [-0.25, -0.2) is 4.39 Å². The molecule has 0 unspecified atom stereocenters. The normalized spacial score (nSPS) is 10.8. The third-order valence-corrected chi connectivity index (χ3v) is 5.43. The minimum absolute atomic E-state index is 0.106. The Morgan fingerprint density at radius 3 is 2.07 bits per heavy atom. The zero-order valence-corrected chi connectivity index (χ0v) is 16.1. The van der Waals surface area contributed by atoms with E-state index in [2.05, 4.69) is 5.32 Å². The highest BCUT2D eigenvalue weighted by atomic mass is 35.5. The zero-order chi connectivity index (χ0) is 19.1. The van der Waals surface area contributed by atoms with Gasteiger partial charge in [-0.3, -0.25) is 4.79 Å². The zero-order valence-electron chi connectivity index (χ0n) is 14.6. The second kappa shape index (κ2) is 9.58. The maximum Gasteiger partial charge on any atom is 0.230 e. The van der Waals surface area contributed by atoms with E-state index in [0.29, 0.717) is 16.3 Å². The summed E-state index contributed by atoms with van der Waals surface area (Å²) < 4.78 is 13.8. The summed E-state index contributed by atoms with van der Waals surface area (Å²) in [7, 11) is 0. The highest BCUT2D eigenvalue weighted by molar-refractivity contribution is 7.99. The number of rotatable bonds is 7. The lowest BCUT2D eigenvalue weighted by Gasteiger charge is -2.20. The summed E-state index contributed by atoms with van der Waals surface area (Å²) in [5.41, 5.74) is 2.46. The van der Waals surface area contributed by atoms with E-state index in [0.717, 1.165) is 11.1 Å². The van der Waals surface area contributed by atoms with Crippen LogP contribution in [0.3, 0.4) is 0 Å². The van der Waals surface area contributed by atoms with Crippen LogP contribution in [0.1, 0.15) is 22.7 Å². The van der Waals surface area contributed by atoms with Crippen molar-refractivity contribution in [2.75, 3.05) is 5.75 Å². The summed E-state index contributed by atoms with van der Waals surface area (Å²) in [5.74, 6) is 0.119. The number of thioether (sulfide) groups is 1. The third-order valence-electron chi connectivity index (χ3n) is 4.11. The van der Waals surface area contributed by atoms with E-state index < -0.39 is 0 Å². The number of carbonyl (C=O) groups is 1. The highest BCUT2D eigenvalue weighted by Gasteiger charge is 2.17. The largest absolute Gasteiger partial charge is 0.344 e. The van der Waals surface area contributed by atoms with Crippen molar-refractivity contribution < 1.29 is 9.18 Å². The third kappa shape index (κ3) is 5.34. The fraction of sp³-hybridized carbons (Fsp3) is 0.136. The van der Waals surface area contributed by atoms with E-state index in [9.17, 15) is 9.18 Å². The molecule has 0 spiro atoms. The van der Waals surface area contributed by atoms with Crippen molar-refractivity contribution in [2.24, 2.45) is 0 Å². The Labute approximate surface area is 167 Å². The number of amides is 1. The number of halogens is 2. The molecule has 3 rings (SSSR count). The quantitative estimate of drug-likeness (QED) is 0.558. The van der Waals surface area contributed by atoms with Crippen LogP contribution < -0.4 is 5.32 Å². The lowest BCUT2D eigenvalue weighted by Crippen LogP contribution is -2.30. The van der Waals surface area contributed by atoms with E-state index in [1.54, 1.807) is 12.1 Å². The van der Waals surface area contributed by atoms with Crippen molar-refractivity contribution in [3.63, 3.8) is 0 Å². The van der Waals surface area contributed by atoms with E-state index >= 15 is 0 Å². The van der Waals surface area contributed by atoms with Gasteiger partial charge in [-0.15, -0.1) is 11.8 Å². The van der Waals surface area contributed by atoms with Crippen LogP contribution in [0.25, 0.3) is 0 Å². The molecule has 0 radical (unpaired) electrons. The van der Waals surface area contributed by atoms with Gasteiger partial charge in [0, 0.05) is 16.3 Å². The fourth-order valence-electron chi connectivity index (χ4n) is 2.77. The summed E-state index contributed by atoms with van der Waals surface area (Å²) in [5, 5.41) is 3.46. The standard InChI is InChI=1S/C22H19ClFNOS/c23-19-12-7-13-20(24)18(19)14-27-15-21(26)25-22(16-8-3-1-4-9-16)17-10-5-2-6-11-17/h1-13,22H,14-15H2,(H,25,26). The second-order valence-corrected chi connectivity index (χ2v) is 7.41. The molecular weight excluding hydrogens is 381 g/mol. The molecule has 5 heteroatoms. The molecule has 0 aliphatic heterocycles. The summed E-state index contributed by atoms with van der Waals surface area (Å²) in [6, 6.07) is 24.0. The molecule has 27 heavy (non-hydrogen) atoms. The molecule has 0 aliphatic carbocycles. The molecule has 0 aliphatic rings. The molecule has 0 atom stereocenters. The molecule has 3 aromatic carbocycles.